The van der Waals surface area contributed by atoms with Gasteiger partial charge in [0.1, 0.15) is 29.2 Å². The summed E-state index contributed by atoms with van der Waals surface area (Å²) in [7, 11) is 3.87. The molecule has 2 N–H and O–H groups in total. The third-order valence-electron chi connectivity index (χ3n) is 6.06. The van der Waals surface area contributed by atoms with Crippen molar-refractivity contribution >= 4 is 22.6 Å². The summed E-state index contributed by atoms with van der Waals surface area (Å²) in [6, 6.07) is 9.52. The minimum Gasteiger partial charge on any atom is -0.470 e. The van der Waals surface area contributed by atoms with Crippen molar-refractivity contribution in [3.63, 3.8) is 0 Å². The van der Waals surface area contributed by atoms with E-state index >= 15 is 0 Å². The molecule has 0 spiro atoms. The van der Waals surface area contributed by atoms with Gasteiger partial charge in [-0.1, -0.05) is 6.08 Å². The lowest BCUT2D eigenvalue weighted by atomic mass is 10.0. The standard InChI is InChI=1S/C28H27N7O3/c1-35(2)8-3-4-26(36)34-25-12-20(15-33-28(25)38-22-6-9-37-17-22)19-11-23-24(16-32-27(23)31-14-19)18-5-7-30-21(10-18)13-29/h3-5,7,10-12,14-16,22H,6,8-9,17H2,1-2H3,(H,31,32)(H,34,36)/b4-3+. The highest BCUT2D eigenvalue weighted by molar-refractivity contribution is 6.01. The Morgan fingerprint density at radius 2 is 2.08 bits per heavy atom. The average molecular weight is 510 g/mol. The molecule has 192 valence electrons. The number of likely N-dealkylation sites (N-methyl/N-ethyl adjacent to an activating group) is 1. The molecule has 0 saturated carbocycles. The van der Waals surface area contributed by atoms with Gasteiger partial charge in [0, 0.05) is 65.9 Å². The van der Waals surface area contributed by atoms with E-state index in [4.69, 9.17) is 9.47 Å². The molecule has 1 aliphatic rings. The molecule has 5 heterocycles. The van der Waals surface area contributed by atoms with Crippen LogP contribution >= 0.6 is 0 Å². The molecule has 1 unspecified atom stereocenters. The predicted molar refractivity (Wildman–Crippen MR) is 143 cm³/mol. The maximum atomic E-state index is 12.7. The summed E-state index contributed by atoms with van der Waals surface area (Å²) < 4.78 is 11.5. The molecule has 0 aliphatic carbocycles. The van der Waals surface area contributed by atoms with Gasteiger partial charge >= 0.3 is 0 Å². The van der Waals surface area contributed by atoms with Crippen LogP contribution < -0.4 is 10.1 Å². The molecule has 10 heteroatoms. The van der Waals surface area contributed by atoms with Gasteiger partial charge in [-0.3, -0.25) is 4.79 Å². The molecule has 4 aromatic heterocycles. The van der Waals surface area contributed by atoms with Crippen LogP contribution in [0.3, 0.4) is 0 Å². The first-order chi connectivity index (χ1) is 18.5. The maximum Gasteiger partial charge on any atom is 0.248 e. The Balaban J connectivity index is 1.49. The fraction of sp³-hybridized carbons (Fsp3) is 0.250. The number of fused-ring (bicyclic) bond motifs is 1. The van der Waals surface area contributed by atoms with Gasteiger partial charge in [0.25, 0.3) is 0 Å². The zero-order valence-corrected chi connectivity index (χ0v) is 21.1. The number of anilines is 1. The van der Waals surface area contributed by atoms with Gasteiger partial charge in [0.2, 0.25) is 11.8 Å². The van der Waals surface area contributed by atoms with E-state index in [2.05, 4.69) is 31.3 Å². The number of nitriles is 1. The zero-order valence-electron chi connectivity index (χ0n) is 21.1. The molecule has 10 nitrogen and oxygen atoms in total. The first kappa shape index (κ1) is 25.1. The highest BCUT2D eigenvalue weighted by atomic mass is 16.5. The second-order valence-electron chi connectivity index (χ2n) is 9.20. The summed E-state index contributed by atoms with van der Waals surface area (Å²) >= 11 is 0. The number of pyridine rings is 3. The van der Waals surface area contributed by atoms with E-state index in [-0.39, 0.29) is 12.0 Å². The highest BCUT2D eigenvalue weighted by Crippen LogP contribution is 2.34. The van der Waals surface area contributed by atoms with Crippen molar-refractivity contribution in [2.75, 3.05) is 39.2 Å². The summed E-state index contributed by atoms with van der Waals surface area (Å²) in [6.45, 7) is 1.77. The molecular formula is C28H27N7O3. The first-order valence-corrected chi connectivity index (χ1v) is 12.2. The van der Waals surface area contributed by atoms with Crippen LogP contribution in [0, 0.1) is 11.3 Å². The van der Waals surface area contributed by atoms with Crippen LogP contribution in [-0.2, 0) is 9.53 Å². The second kappa shape index (κ2) is 11.2. The summed E-state index contributed by atoms with van der Waals surface area (Å²) in [4.78, 5) is 31.0. The molecule has 1 amide bonds. The molecule has 1 atom stereocenters. The molecular weight excluding hydrogens is 482 g/mol. The summed E-state index contributed by atoms with van der Waals surface area (Å²) in [5.41, 5.74) is 4.87. The lowest BCUT2D eigenvalue weighted by Crippen LogP contribution is -2.19. The number of H-pyrrole nitrogens is 1. The molecule has 38 heavy (non-hydrogen) atoms. The van der Waals surface area contributed by atoms with Gasteiger partial charge in [-0.05, 0) is 43.9 Å². The molecule has 1 fully saturated rings. The first-order valence-electron chi connectivity index (χ1n) is 12.2. The fourth-order valence-electron chi connectivity index (χ4n) is 4.16. The van der Waals surface area contributed by atoms with E-state index in [0.717, 1.165) is 34.1 Å². The Hall–Kier alpha value is -4.59. The molecule has 0 radical (unpaired) electrons. The normalized spacial score (nSPS) is 15.3. The molecule has 4 aromatic rings. The van der Waals surface area contributed by atoms with Crippen molar-refractivity contribution in [2.24, 2.45) is 0 Å². The Labute approximate surface area is 220 Å². The van der Waals surface area contributed by atoms with Crippen molar-refractivity contribution in [3.05, 3.63) is 66.9 Å². The number of nitrogens with zero attached hydrogens (tertiary/aromatic N) is 5. The van der Waals surface area contributed by atoms with E-state index in [1.165, 1.54) is 6.08 Å². The minimum atomic E-state index is -0.272. The number of hydrogen-bond donors (Lipinski definition) is 2. The monoisotopic (exact) mass is 509 g/mol. The lowest BCUT2D eigenvalue weighted by molar-refractivity contribution is -0.111. The van der Waals surface area contributed by atoms with Crippen molar-refractivity contribution in [1.82, 2.24) is 24.8 Å². The van der Waals surface area contributed by atoms with Gasteiger partial charge in [0.05, 0.1) is 13.2 Å². The molecule has 5 rings (SSSR count). The summed E-state index contributed by atoms with van der Waals surface area (Å²) in [6.07, 6.45) is 10.9. The van der Waals surface area contributed by atoms with Crippen LogP contribution in [0.5, 0.6) is 5.88 Å². The maximum absolute atomic E-state index is 12.7. The van der Waals surface area contributed by atoms with Crippen molar-refractivity contribution in [2.45, 2.75) is 12.5 Å². The lowest BCUT2D eigenvalue weighted by Gasteiger charge is -2.16. The fourth-order valence-corrected chi connectivity index (χ4v) is 4.16. The number of ether oxygens (including phenoxy) is 2. The largest absolute Gasteiger partial charge is 0.470 e. The number of aromatic nitrogens is 4. The van der Waals surface area contributed by atoms with Crippen molar-refractivity contribution in [1.29, 1.82) is 5.26 Å². The van der Waals surface area contributed by atoms with Crippen LogP contribution in [0.25, 0.3) is 33.3 Å². The molecule has 0 aromatic carbocycles. The van der Waals surface area contributed by atoms with Crippen LogP contribution in [0.1, 0.15) is 12.1 Å². The number of carbonyl (C=O) groups excluding carboxylic acids is 1. The van der Waals surface area contributed by atoms with E-state index < -0.39 is 0 Å². The SMILES string of the molecule is CN(C)C/C=C/C(=O)Nc1cc(-c2cnc3[nH]cc(-c4ccnc(C#N)c4)c3c2)cnc1OC1CCOC1. The average Bonchev–Trinajstić information content (AvgIpc) is 3.59. The quantitative estimate of drug-likeness (QED) is 0.343. The van der Waals surface area contributed by atoms with Crippen LogP contribution in [-0.4, -0.2) is 70.7 Å². The summed E-state index contributed by atoms with van der Waals surface area (Å²) in [5, 5.41) is 13.0. The number of aromatic amines is 1. The number of hydrogen-bond acceptors (Lipinski definition) is 8. The Morgan fingerprint density at radius 1 is 1.24 bits per heavy atom. The molecule has 1 saturated heterocycles. The van der Waals surface area contributed by atoms with Crippen molar-refractivity contribution < 1.29 is 14.3 Å². The Kier molecular flexibility index (Phi) is 7.40. The van der Waals surface area contributed by atoms with Crippen molar-refractivity contribution in [3.8, 4) is 34.2 Å². The van der Waals surface area contributed by atoms with Gasteiger partial charge in [0.15, 0.2) is 0 Å². The number of nitrogens with one attached hydrogen (secondary N) is 2. The Bertz CT molecular complexity index is 1530. The van der Waals surface area contributed by atoms with Crippen LogP contribution in [0.2, 0.25) is 0 Å². The molecule has 0 bridgehead atoms. The number of amides is 1. The smallest absolute Gasteiger partial charge is 0.248 e. The third kappa shape index (κ3) is 5.70. The third-order valence-corrected chi connectivity index (χ3v) is 6.06. The van der Waals surface area contributed by atoms with E-state index in [9.17, 15) is 10.1 Å². The second-order valence-corrected chi connectivity index (χ2v) is 9.20. The summed E-state index contributed by atoms with van der Waals surface area (Å²) in [5.74, 6) is 0.0709. The van der Waals surface area contributed by atoms with Crippen LogP contribution in [0.4, 0.5) is 5.69 Å². The number of carbonyl (C=O) groups is 1. The minimum absolute atomic E-state index is 0.118. The zero-order chi connectivity index (χ0) is 26.5. The van der Waals surface area contributed by atoms with Gasteiger partial charge in [-0.25, -0.2) is 15.0 Å². The van der Waals surface area contributed by atoms with E-state index in [1.807, 2.05) is 43.4 Å². The van der Waals surface area contributed by atoms with Gasteiger partial charge < -0.3 is 24.7 Å². The van der Waals surface area contributed by atoms with Crippen LogP contribution in [0.15, 0.2) is 61.2 Å². The van der Waals surface area contributed by atoms with E-state index in [1.54, 1.807) is 30.7 Å². The topological polar surface area (TPSA) is 129 Å². The highest BCUT2D eigenvalue weighted by Gasteiger charge is 2.21. The predicted octanol–water partition coefficient (Wildman–Crippen LogP) is 3.78. The van der Waals surface area contributed by atoms with E-state index in [0.29, 0.717) is 42.7 Å². The van der Waals surface area contributed by atoms with Gasteiger partial charge in [-0.15, -0.1) is 0 Å². The Morgan fingerprint density at radius 3 is 2.87 bits per heavy atom. The van der Waals surface area contributed by atoms with Gasteiger partial charge in [-0.2, -0.15) is 5.26 Å². The number of rotatable bonds is 8. The molecule has 1 aliphatic heterocycles.